The molecule has 0 fully saturated rings. The van der Waals surface area contributed by atoms with Gasteiger partial charge in [-0.1, -0.05) is 0 Å². The molecule has 0 amide bonds. The molecule has 1 heterocycles. The molecule has 7 heteroatoms. The van der Waals surface area contributed by atoms with Gasteiger partial charge in [0.15, 0.2) is 0 Å². The molecule has 0 aliphatic heterocycles. The first kappa shape index (κ1) is 16.3. The van der Waals surface area contributed by atoms with Crippen molar-refractivity contribution in [3.05, 3.63) is 50.1 Å². The minimum absolute atomic E-state index is 0.0664. The van der Waals surface area contributed by atoms with Crippen LogP contribution in [-0.4, -0.2) is 7.05 Å². The summed E-state index contributed by atoms with van der Waals surface area (Å²) in [5.74, 6) is 0. The molecule has 0 aliphatic rings. The van der Waals surface area contributed by atoms with E-state index in [9.17, 15) is 13.2 Å². The number of benzene rings is 1. The number of nitrogens with zero attached hydrogens (tertiary/aromatic N) is 1. The Bertz CT molecular complexity index is 625. The molecule has 2 rings (SSSR count). The second-order valence-corrected chi connectivity index (χ2v) is 6.95. The Morgan fingerprint density at radius 1 is 1.29 bits per heavy atom. The van der Waals surface area contributed by atoms with Crippen LogP contribution in [-0.2, 0) is 19.3 Å². The van der Waals surface area contributed by atoms with Crippen molar-refractivity contribution >= 4 is 33.0 Å². The predicted molar refractivity (Wildman–Crippen MR) is 83.5 cm³/mol. The Labute approximate surface area is 133 Å². The van der Waals surface area contributed by atoms with Gasteiger partial charge < -0.3 is 10.6 Å². The monoisotopic (exact) mass is 378 g/mol. The Morgan fingerprint density at radius 3 is 2.52 bits per heavy atom. The first-order valence-corrected chi connectivity index (χ1v) is 7.82. The van der Waals surface area contributed by atoms with Gasteiger partial charge in [0.2, 0.25) is 0 Å². The first-order chi connectivity index (χ1) is 9.81. The maximum absolute atomic E-state index is 12.7. The highest BCUT2D eigenvalue weighted by atomic mass is 79.9. The molecule has 0 radical (unpaired) electrons. The normalized spacial score (nSPS) is 11.7. The molecule has 2 N–H and O–H groups in total. The highest BCUT2D eigenvalue weighted by Crippen LogP contribution is 2.33. The lowest BCUT2D eigenvalue weighted by atomic mass is 10.1. The number of hydrogen-bond donors (Lipinski definition) is 1. The third-order valence-corrected chi connectivity index (χ3v) is 4.63. The lowest BCUT2D eigenvalue weighted by Crippen LogP contribution is -2.19. The number of rotatable bonds is 4. The topological polar surface area (TPSA) is 29.3 Å². The van der Waals surface area contributed by atoms with Crippen molar-refractivity contribution in [3.8, 4) is 0 Å². The largest absolute Gasteiger partial charge is 0.416 e. The van der Waals surface area contributed by atoms with Crippen LogP contribution in [0.5, 0.6) is 0 Å². The third-order valence-electron chi connectivity index (χ3n) is 3.08. The van der Waals surface area contributed by atoms with Crippen molar-refractivity contribution in [1.82, 2.24) is 0 Å². The van der Waals surface area contributed by atoms with E-state index in [-0.39, 0.29) is 6.54 Å². The number of halogens is 4. The molecular weight excluding hydrogens is 365 g/mol. The van der Waals surface area contributed by atoms with Gasteiger partial charge in [0.25, 0.3) is 0 Å². The van der Waals surface area contributed by atoms with Crippen LogP contribution in [0.4, 0.5) is 18.9 Å². The summed E-state index contributed by atoms with van der Waals surface area (Å²) in [4.78, 5) is 1.90. The number of alkyl halides is 3. The fourth-order valence-corrected chi connectivity index (χ4v) is 3.29. The van der Waals surface area contributed by atoms with Gasteiger partial charge in [0, 0.05) is 25.8 Å². The fourth-order valence-electron chi connectivity index (χ4n) is 2.09. The molecule has 21 heavy (non-hydrogen) atoms. The minimum atomic E-state index is -4.35. The van der Waals surface area contributed by atoms with Gasteiger partial charge >= 0.3 is 6.18 Å². The average Bonchev–Trinajstić information content (AvgIpc) is 2.82. The third kappa shape index (κ3) is 3.99. The van der Waals surface area contributed by atoms with Gasteiger partial charge in [0.05, 0.1) is 9.35 Å². The lowest BCUT2D eigenvalue weighted by molar-refractivity contribution is -0.137. The fraction of sp³-hybridized carbons (Fsp3) is 0.286. The number of hydrogen-bond acceptors (Lipinski definition) is 3. The predicted octanol–water partition coefficient (Wildman–Crippen LogP) is 4.62. The summed E-state index contributed by atoms with van der Waals surface area (Å²) in [6.45, 7) is 0.678. The van der Waals surface area contributed by atoms with Gasteiger partial charge in [0.1, 0.15) is 0 Å². The van der Waals surface area contributed by atoms with E-state index >= 15 is 0 Å². The van der Waals surface area contributed by atoms with E-state index in [4.69, 9.17) is 5.73 Å². The molecule has 2 nitrogen and oxygen atoms in total. The minimum Gasteiger partial charge on any atom is -0.370 e. The number of anilines is 1. The van der Waals surface area contributed by atoms with Gasteiger partial charge in [-0.15, -0.1) is 11.3 Å². The summed E-state index contributed by atoms with van der Waals surface area (Å²) < 4.78 is 39.2. The molecule has 0 saturated carbocycles. The molecule has 0 saturated heterocycles. The van der Waals surface area contributed by atoms with Crippen molar-refractivity contribution in [2.24, 2.45) is 5.73 Å². The highest BCUT2D eigenvalue weighted by molar-refractivity contribution is 9.11. The molecule has 0 atom stereocenters. The summed E-state index contributed by atoms with van der Waals surface area (Å²) >= 11 is 4.97. The van der Waals surface area contributed by atoms with E-state index < -0.39 is 11.7 Å². The Hall–Kier alpha value is -1.05. The van der Waals surface area contributed by atoms with E-state index in [1.54, 1.807) is 11.3 Å². The average molecular weight is 379 g/mol. The van der Waals surface area contributed by atoms with E-state index in [0.29, 0.717) is 17.8 Å². The van der Waals surface area contributed by atoms with Crippen LogP contribution in [0.15, 0.2) is 33.4 Å². The van der Waals surface area contributed by atoms with Crippen molar-refractivity contribution in [3.63, 3.8) is 0 Å². The summed E-state index contributed by atoms with van der Waals surface area (Å²) in [7, 11) is 1.84. The second-order valence-electron chi connectivity index (χ2n) is 4.66. The summed E-state index contributed by atoms with van der Waals surface area (Å²) in [5.41, 5.74) is 7.23. The zero-order valence-electron chi connectivity index (χ0n) is 11.2. The van der Waals surface area contributed by atoms with Gasteiger partial charge in [-0.25, -0.2) is 0 Å². The summed E-state index contributed by atoms with van der Waals surface area (Å²) in [6.07, 6.45) is -4.35. The molecule has 0 spiro atoms. The molecule has 1 aromatic carbocycles. The maximum Gasteiger partial charge on any atom is 0.416 e. The van der Waals surface area contributed by atoms with Crippen LogP contribution in [0, 0.1) is 0 Å². The second kappa shape index (κ2) is 6.37. The van der Waals surface area contributed by atoms with Crippen LogP contribution in [0.25, 0.3) is 0 Å². The zero-order valence-corrected chi connectivity index (χ0v) is 13.6. The standard InChI is InChI=1S/C14H14BrF3N2S/c1-20(7-9-4-13(15)21-8-9)12-3-2-11(14(16,17)18)5-10(12)6-19/h2-5,8H,6-7,19H2,1H3. The smallest absolute Gasteiger partial charge is 0.370 e. The molecular formula is C14H14BrF3N2S. The van der Waals surface area contributed by atoms with E-state index in [2.05, 4.69) is 15.9 Å². The van der Waals surface area contributed by atoms with Crippen molar-refractivity contribution in [2.45, 2.75) is 19.3 Å². The van der Waals surface area contributed by atoms with Gasteiger partial charge in [-0.3, -0.25) is 0 Å². The van der Waals surface area contributed by atoms with Crippen molar-refractivity contribution in [2.75, 3.05) is 11.9 Å². The molecule has 0 unspecified atom stereocenters. The Balaban J connectivity index is 2.26. The number of thiophene rings is 1. The SMILES string of the molecule is CN(Cc1csc(Br)c1)c1ccc(C(F)(F)F)cc1CN. The summed E-state index contributed by atoms with van der Waals surface area (Å²) in [5, 5.41) is 2.01. The quantitative estimate of drug-likeness (QED) is 0.840. The Morgan fingerprint density at radius 2 is 2.00 bits per heavy atom. The molecule has 0 bridgehead atoms. The lowest BCUT2D eigenvalue weighted by Gasteiger charge is -2.22. The molecule has 1 aromatic heterocycles. The Kier molecular flexibility index (Phi) is 4.95. The van der Waals surface area contributed by atoms with Crippen LogP contribution >= 0.6 is 27.3 Å². The number of nitrogens with two attached hydrogens (primary N) is 1. The molecule has 0 aliphatic carbocycles. The molecule has 2 aromatic rings. The van der Waals surface area contributed by atoms with E-state index in [1.807, 2.05) is 23.4 Å². The zero-order chi connectivity index (χ0) is 15.6. The maximum atomic E-state index is 12.7. The van der Waals surface area contributed by atoms with Crippen LogP contribution in [0.2, 0.25) is 0 Å². The van der Waals surface area contributed by atoms with Crippen LogP contribution in [0.1, 0.15) is 16.7 Å². The van der Waals surface area contributed by atoms with E-state index in [0.717, 1.165) is 21.5 Å². The van der Waals surface area contributed by atoms with Gasteiger partial charge in [-0.05, 0) is 56.7 Å². The highest BCUT2D eigenvalue weighted by Gasteiger charge is 2.31. The van der Waals surface area contributed by atoms with Crippen LogP contribution in [0.3, 0.4) is 0 Å². The van der Waals surface area contributed by atoms with E-state index in [1.165, 1.54) is 6.07 Å². The molecule has 114 valence electrons. The van der Waals surface area contributed by atoms with Crippen LogP contribution < -0.4 is 10.6 Å². The summed E-state index contributed by atoms with van der Waals surface area (Å²) in [6, 6.07) is 5.68. The van der Waals surface area contributed by atoms with Crippen molar-refractivity contribution < 1.29 is 13.2 Å². The first-order valence-electron chi connectivity index (χ1n) is 6.15. The van der Waals surface area contributed by atoms with Gasteiger partial charge in [-0.2, -0.15) is 13.2 Å². The van der Waals surface area contributed by atoms with Crippen molar-refractivity contribution in [1.29, 1.82) is 0 Å².